The van der Waals surface area contributed by atoms with Gasteiger partial charge in [0.2, 0.25) is 0 Å². The summed E-state index contributed by atoms with van der Waals surface area (Å²) in [5.41, 5.74) is 4.41. The largest absolute Gasteiger partial charge is 0.106 e. The van der Waals surface area contributed by atoms with Gasteiger partial charge in [0.05, 0.1) is 0 Å². The highest BCUT2D eigenvalue weighted by Crippen LogP contribution is 2.38. The minimum atomic E-state index is 0. The van der Waals surface area contributed by atoms with E-state index in [4.69, 9.17) is 0 Å². The molecule has 0 spiro atoms. The zero-order valence-electron chi connectivity index (χ0n) is 11.9. The van der Waals surface area contributed by atoms with Crippen molar-refractivity contribution in [3.63, 3.8) is 0 Å². The van der Waals surface area contributed by atoms with Crippen LogP contribution in [0.3, 0.4) is 0 Å². The number of benzene rings is 1. The number of hydrogen-bond acceptors (Lipinski definition) is 0. The van der Waals surface area contributed by atoms with E-state index in [9.17, 15) is 0 Å². The van der Waals surface area contributed by atoms with Gasteiger partial charge in [-0.2, -0.15) is 0 Å². The molecule has 0 amide bonds. The Balaban J connectivity index is 0.00000103. The Hall–Kier alpha value is -1.30. The molecule has 0 heterocycles. The van der Waals surface area contributed by atoms with Crippen LogP contribution in [0.2, 0.25) is 0 Å². The van der Waals surface area contributed by atoms with Crippen molar-refractivity contribution in [3.8, 4) is 0 Å². The summed E-state index contributed by atoms with van der Waals surface area (Å²) in [5, 5.41) is 0. The molecule has 1 saturated carbocycles. The van der Waals surface area contributed by atoms with Gasteiger partial charge in [0.25, 0.3) is 0 Å². The molecule has 0 bridgehead atoms. The quantitative estimate of drug-likeness (QED) is 0.547. The van der Waals surface area contributed by atoms with E-state index in [0.717, 1.165) is 11.8 Å². The van der Waals surface area contributed by atoms with Crippen LogP contribution in [0.15, 0.2) is 49.6 Å². The van der Waals surface area contributed by atoms with Gasteiger partial charge in [-0.1, -0.05) is 43.8 Å². The van der Waals surface area contributed by atoms with Gasteiger partial charge in [0.1, 0.15) is 0 Å². The van der Waals surface area contributed by atoms with Crippen LogP contribution < -0.4 is 0 Å². The number of rotatable bonds is 2. The first kappa shape index (κ1) is 17.7. The summed E-state index contributed by atoms with van der Waals surface area (Å²) in [6.07, 6.45) is 5.33. The molecule has 1 aromatic rings. The summed E-state index contributed by atoms with van der Waals surface area (Å²) in [6.45, 7) is 14.5. The van der Waals surface area contributed by atoms with Crippen LogP contribution in [0.5, 0.6) is 0 Å². The standard InChI is InChI=1S/C16H22.C2H4.CH4/c1-12(2)14-8-10-15(11-9-14)16-7-5-4-6-13(16)3;1-2;/h4-7,14-15H,1,8-11H2,2-3H3;1-2H2;1H4. The first-order valence-corrected chi connectivity index (χ1v) is 6.89. The molecule has 0 aromatic heterocycles. The van der Waals surface area contributed by atoms with Crippen molar-refractivity contribution in [1.29, 1.82) is 0 Å². The van der Waals surface area contributed by atoms with Crippen LogP contribution in [0, 0.1) is 12.8 Å². The third-order valence-electron chi connectivity index (χ3n) is 4.05. The first-order chi connectivity index (χ1) is 8.68. The van der Waals surface area contributed by atoms with E-state index in [1.54, 1.807) is 5.56 Å². The lowest BCUT2D eigenvalue weighted by molar-refractivity contribution is 0.363. The molecule has 19 heavy (non-hydrogen) atoms. The highest BCUT2D eigenvalue weighted by Gasteiger charge is 2.23. The number of hydrogen-bond donors (Lipinski definition) is 0. The van der Waals surface area contributed by atoms with Crippen molar-refractivity contribution in [1.82, 2.24) is 0 Å². The fourth-order valence-corrected chi connectivity index (χ4v) is 2.94. The molecule has 1 aliphatic rings. The Morgan fingerprint density at radius 3 is 2.05 bits per heavy atom. The molecule has 0 nitrogen and oxygen atoms in total. The van der Waals surface area contributed by atoms with Crippen LogP contribution in [0.25, 0.3) is 0 Å². The predicted molar refractivity (Wildman–Crippen MR) is 88.7 cm³/mol. The second-order valence-corrected chi connectivity index (χ2v) is 5.25. The summed E-state index contributed by atoms with van der Waals surface area (Å²) in [6, 6.07) is 8.85. The average molecular weight is 258 g/mol. The fraction of sp³-hybridized carbons (Fsp3) is 0.474. The molecule has 0 aliphatic heterocycles. The SMILES string of the molecule is C.C=C.C=C(C)C1CCC(c2ccccc2C)CC1. The van der Waals surface area contributed by atoms with Crippen molar-refractivity contribution < 1.29 is 0 Å². The third kappa shape index (κ3) is 4.70. The molecular formula is C19H30. The maximum Gasteiger partial charge on any atom is -0.0159 e. The number of aryl methyl sites for hydroxylation is 1. The highest BCUT2D eigenvalue weighted by atomic mass is 14.3. The Kier molecular flexibility index (Phi) is 8.14. The topological polar surface area (TPSA) is 0 Å². The van der Waals surface area contributed by atoms with Crippen molar-refractivity contribution in [2.75, 3.05) is 0 Å². The summed E-state index contributed by atoms with van der Waals surface area (Å²) in [4.78, 5) is 0. The minimum absolute atomic E-state index is 0. The molecule has 0 unspecified atom stereocenters. The van der Waals surface area contributed by atoms with E-state index in [-0.39, 0.29) is 7.43 Å². The van der Waals surface area contributed by atoms with Crippen molar-refractivity contribution >= 4 is 0 Å². The lowest BCUT2D eigenvalue weighted by Crippen LogP contribution is -2.14. The van der Waals surface area contributed by atoms with Crippen LogP contribution in [0.4, 0.5) is 0 Å². The van der Waals surface area contributed by atoms with E-state index < -0.39 is 0 Å². The molecule has 1 fully saturated rings. The summed E-state index contributed by atoms with van der Waals surface area (Å²) in [7, 11) is 0. The van der Waals surface area contributed by atoms with Crippen molar-refractivity contribution in [2.24, 2.45) is 5.92 Å². The molecule has 0 saturated heterocycles. The fourth-order valence-electron chi connectivity index (χ4n) is 2.94. The molecule has 1 aromatic carbocycles. The predicted octanol–water partition coefficient (Wildman–Crippen LogP) is 6.28. The molecule has 0 radical (unpaired) electrons. The molecule has 106 valence electrons. The summed E-state index contributed by atoms with van der Waals surface area (Å²) in [5.74, 6) is 1.57. The summed E-state index contributed by atoms with van der Waals surface area (Å²) < 4.78 is 0. The van der Waals surface area contributed by atoms with Gasteiger partial charge >= 0.3 is 0 Å². The van der Waals surface area contributed by atoms with Gasteiger partial charge < -0.3 is 0 Å². The van der Waals surface area contributed by atoms with E-state index in [1.807, 2.05) is 0 Å². The van der Waals surface area contributed by atoms with E-state index in [1.165, 1.54) is 36.8 Å². The molecule has 1 aliphatic carbocycles. The van der Waals surface area contributed by atoms with Gasteiger partial charge in [-0.05, 0) is 62.5 Å². The second kappa shape index (κ2) is 8.74. The smallest absolute Gasteiger partial charge is 0.0159 e. The van der Waals surface area contributed by atoms with Crippen LogP contribution in [-0.2, 0) is 0 Å². The molecule has 0 N–H and O–H groups in total. The Morgan fingerprint density at radius 1 is 1.05 bits per heavy atom. The zero-order valence-corrected chi connectivity index (χ0v) is 11.9. The molecule has 0 heteroatoms. The van der Waals surface area contributed by atoms with Gasteiger partial charge in [-0.15, -0.1) is 13.2 Å². The molecule has 2 rings (SSSR count). The van der Waals surface area contributed by atoms with Crippen LogP contribution in [0.1, 0.15) is 57.1 Å². The minimum Gasteiger partial charge on any atom is -0.106 e. The molecular weight excluding hydrogens is 228 g/mol. The van der Waals surface area contributed by atoms with Crippen LogP contribution in [-0.4, -0.2) is 0 Å². The summed E-state index contributed by atoms with van der Waals surface area (Å²) >= 11 is 0. The number of allylic oxidation sites excluding steroid dienone is 1. The van der Waals surface area contributed by atoms with E-state index in [0.29, 0.717) is 0 Å². The third-order valence-corrected chi connectivity index (χ3v) is 4.05. The Labute approximate surface area is 120 Å². The first-order valence-electron chi connectivity index (χ1n) is 6.89. The highest BCUT2D eigenvalue weighted by molar-refractivity contribution is 5.29. The Morgan fingerprint density at radius 2 is 1.58 bits per heavy atom. The normalized spacial score (nSPS) is 21.6. The van der Waals surface area contributed by atoms with Gasteiger partial charge in [-0.3, -0.25) is 0 Å². The second-order valence-electron chi connectivity index (χ2n) is 5.25. The monoisotopic (exact) mass is 258 g/mol. The maximum absolute atomic E-state index is 4.09. The van der Waals surface area contributed by atoms with E-state index >= 15 is 0 Å². The lowest BCUT2D eigenvalue weighted by atomic mass is 9.76. The zero-order chi connectivity index (χ0) is 13.5. The lowest BCUT2D eigenvalue weighted by Gasteiger charge is -2.29. The van der Waals surface area contributed by atoms with Gasteiger partial charge in [0, 0.05) is 0 Å². The average Bonchev–Trinajstić information content (AvgIpc) is 2.42. The van der Waals surface area contributed by atoms with Gasteiger partial charge in [0.15, 0.2) is 0 Å². The molecule has 0 atom stereocenters. The van der Waals surface area contributed by atoms with Gasteiger partial charge in [-0.25, -0.2) is 0 Å². The van der Waals surface area contributed by atoms with Crippen molar-refractivity contribution in [2.45, 2.75) is 52.9 Å². The van der Waals surface area contributed by atoms with Crippen LogP contribution >= 0.6 is 0 Å². The Bertz CT molecular complexity index is 381. The van der Waals surface area contributed by atoms with E-state index in [2.05, 4.69) is 57.8 Å². The maximum atomic E-state index is 4.09. The van der Waals surface area contributed by atoms with Crippen molar-refractivity contribution in [3.05, 3.63) is 60.7 Å².